The van der Waals surface area contributed by atoms with Crippen LogP contribution >= 0.6 is 69.6 Å². The van der Waals surface area contributed by atoms with Crippen molar-refractivity contribution in [1.82, 2.24) is 4.90 Å². The summed E-state index contributed by atoms with van der Waals surface area (Å²) in [6.07, 6.45) is 2.48. The van der Waals surface area contributed by atoms with Crippen LogP contribution in [0.25, 0.3) is 0 Å². The molecule has 0 bridgehead atoms. The van der Waals surface area contributed by atoms with E-state index in [-0.39, 0.29) is 31.6 Å². The molecule has 0 radical (unpaired) electrons. The minimum atomic E-state index is -1.53. The molecule has 3 atom stereocenters. The molecule has 0 aromatic rings. The van der Waals surface area contributed by atoms with Crippen LogP contribution in [0.3, 0.4) is 0 Å². The number of hydrogen-bond acceptors (Lipinski definition) is 4. The van der Waals surface area contributed by atoms with E-state index >= 15 is 0 Å². The van der Waals surface area contributed by atoms with Crippen LogP contribution in [0, 0.1) is 5.92 Å². The molecule has 1 rings (SSSR count). The number of amides is 2. The van der Waals surface area contributed by atoms with Crippen molar-refractivity contribution in [3.63, 3.8) is 0 Å². The van der Waals surface area contributed by atoms with E-state index in [9.17, 15) is 9.59 Å². The smallest absolute Gasteiger partial charge is 0.257 e. The Morgan fingerprint density at radius 1 is 1.21 bits per heavy atom. The molecule has 2 amide bonds. The van der Waals surface area contributed by atoms with Crippen LogP contribution in [0.2, 0.25) is 0 Å². The van der Waals surface area contributed by atoms with Gasteiger partial charge in [-0.2, -0.15) is 0 Å². The molecule has 28 heavy (non-hydrogen) atoms. The molecule has 162 valence electrons. The van der Waals surface area contributed by atoms with Gasteiger partial charge in [0.1, 0.15) is 5.76 Å². The van der Waals surface area contributed by atoms with Crippen molar-refractivity contribution >= 4 is 81.4 Å². The van der Waals surface area contributed by atoms with Gasteiger partial charge in [-0.25, -0.2) is 0 Å². The van der Waals surface area contributed by atoms with Crippen molar-refractivity contribution in [1.29, 1.82) is 0 Å². The molecule has 0 fully saturated rings. The molecular formula is C17H24Cl6N2O3. The van der Waals surface area contributed by atoms with Gasteiger partial charge in [0.25, 0.3) is 5.91 Å². The zero-order chi connectivity index (χ0) is 21.9. The lowest BCUT2D eigenvalue weighted by Crippen LogP contribution is -2.61. The van der Waals surface area contributed by atoms with Gasteiger partial charge < -0.3 is 10.5 Å². The van der Waals surface area contributed by atoms with Gasteiger partial charge in [-0.1, -0.05) is 83.5 Å². The van der Waals surface area contributed by atoms with E-state index in [4.69, 9.17) is 80.1 Å². The molecule has 0 aromatic heterocycles. The maximum absolute atomic E-state index is 13.4. The van der Waals surface area contributed by atoms with Crippen molar-refractivity contribution in [2.75, 3.05) is 7.11 Å². The number of hydrogen-bond donors (Lipinski definition) is 1. The maximum Gasteiger partial charge on any atom is 0.257 e. The Bertz CT molecular complexity index is 617. The average Bonchev–Trinajstić information content (AvgIpc) is 2.90. The maximum atomic E-state index is 13.4. The van der Waals surface area contributed by atoms with Gasteiger partial charge in [-0.15, -0.1) is 0 Å². The van der Waals surface area contributed by atoms with Crippen molar-refractivity contribution < 1.29 is 14.3 Å². The van der Waals surface area contributed by atoms with E-state index in [1.165, 1.54) is 13.2 Å². The SMILES string of the molecule is CCC(N)(C(=O)N1C(=O)C=C(OC)C1CCC(Cl)(Cl)Cl)C(C)CCC(Cl)(Cl)Cl. The topological polar surface area (TPSA) is 72.6 Å². The Morgan fingerprint density at radius 2 is 1.75 bits per heavy atom. The summed E-state index contributed by atoms with van der Waals surface area (Å²) >= 11 is 35.0. The summed E-state index contributed by atoms with van der Waals surface area (Å²) in [6, 6.07) is -0.699. The van der Waals surface area contributed by atoms with Crippen LogP contribution in [0.5, 0.6) is 0 Å². The van der Waals surface area contributed by atoms with Crippen LogP contribution in [0.4, 0.5) is 0 Å². The highest BCUT2D eigenvalue weighted by Crippen LogP contribution is 2.38. The lowest BCUT2D eigenvalue weighted by atomic mass is 9.79. The number of imide groups is 1. The number of carbonyl (C=O) groups is 2. The fraction of sp³-hybridized carbons (Fsp3) is 0.765. The van der Waals surface area contributed by atoms with Crippen molar-refractivity contribution in [2.24, 2.45) is 11.7 Å². The lowest BCUT2D eigenvalue weighted by molar-refractivity contribution is -0.149. The quantitative estimate of drug-likeness (QED) is 0.444. The number of nitrogens with zero attached hydrogens (tertiary/aromatic N) is 1. The number of nitrogens with two attached hydrogens (primary N) is 1. The van der Waals surface area contributed by atoms with Crippen LogP contribution < -0.4 is 5.73 Å². The molecule has 1 aliphatic rings. The molecular weight excluding hydrogens is 493 g/mol. The summed E-state index contributed by atoms with van der Waals surface area (Å²) in [5.41, 5.74) is 5.14. The zero-order valence-corrected chi connectivity index (χ0v) is 20.3. The Morgan fingerprint density at radius 3 is 2.18 bits per heavy atom. The molecule has 3 unspecified atom stereocenters. The summed E-state index contributed by atoms with van der Waals surface area (Å²) in [7, 11) is 1.41. The molecule has 11 heteroatoms. The highest BCUT2D eigenvalue weighted by atomic mass is 35.6. The Balaban J connectivity index is 3.10. The molecule has 2 N–H and O–H groups in total. The van der Waals surface area contributed by atoms with Gasteiger partial charge >= 0.3 is 0 Å². The summed E-state index contributed by atoms with van der Waals surface area (Å²) in [4.78, 5) is 27.0. The summed E-state index contributed by atoms with van der Waals surface area (Å²) in [5.74, 6) is -1.09. The van der Waals surface area contributed by atoms with Crippen LogP contribution in [-0.2, 0) is 14.3 Å². The van der Waals surface area contributed by atoms with Crippen molar-refractivity contribution in [3.8, 4) is 0 Å². The largest absolute Gasteiger partial charge is 0.499 e. The van der Waals surface area contributed by atoms with Gasteiger partial charge in [0.15, 0.2) is 7.59 Å². The zero-order valence-electron chi connectivity index (χ0n) is 15.8. The van der Waals surface area contributed by atoms with Gasteiger partial charge in [0.05, 0.1) is 18.7 Å². The van der Waals surface area contributed by atoms with Crippen LogP contribution in [0.1, 0.15) is 46.0 Å². The molecule has 5 nitrogen and oxygen atoms in total. The van der Waals surface area contributed by atoms with E-state index in [0.717, 1.165) is 4.90 Å². The predicted octanol–water partition coefficient (Wildman–Crippen LogP) is 5.30. The van der Waals surface area contributed by atoms with E-state index in [0.29, 0.717) is 12.2 Å². The molecule has 0 spiro atoms. The average molecular weight is 517 g/mol. The number of ether oxygens (including phenoxy) is 1. The van der Waals surface area contributed by atoms with Gasteiger partial charge in [0, 0.05) is 6.08 Å². The first-order chi connectivity index (χ1) is 12.7. The lowest BCUT2D eigenvalue weighted by Gasteiger charge is -2.38. The monoisotopic (exact) mass is 514 g/mol. The normalized spacial score (nSPS) is 21.4. The minimum absolute atomic E-state index is 0.118. The first kappa shape index (κ1) is 26.4. The van der Waals surface area contributed by atoms with Gasteiger partial charge in [0.2, 0.25) is 5.91 Å². The summed E-state index contributed by atoms with van der Waals surface area (Å²) < 4.78 is 2.29. The van der Waals surface area contributed by atoms with Crippen LogP contribution in [-0.4, -0.2) is 43.0 Å². The number of alkyl halides is 6. The third-order valence-electron chi connectivity index (χ3n) is 5.02. The molecule has 0 aliphatic carbocycles. The fourth-order valence-corrected chi connectivity index (χ4v) is 3.80. The third kappa shape index (κ3) is 6.97. The Kier molecular flexibility index (Phi) is 9.55. The first-order valence-electron chi connectivity index (χ1n) is 8.71. The summed E-state index contributed by atoms with van der Waals surface area (Å²) in [6.45, 7) is 3.56. The molecule has 0 saturated carbocycles. The first-order valence-corrected chi connectivity index (χ1v) is 11.0. The highest BCUT2D eigenvalue weighted by Gasteiger charge is 2.48. The summed E-state index contributed by atoms with van der Waals surface area (Å²) in [5, 5.41) is 0. The van der Waals surface area contributed by atoms with Crippen molar-refractivity contribution in [3.05, 3.63) is 11.8 Å². The molecule has 1 aliphatic heterocycles. The number of halogens is 6. The predicted molar refractivity (Wildman–Crippen MR) is 116 cm³/mol. The van der Waals surface area contributed by atoms with E-state index in [2.05, 4.69) is 0 Å². The second-order valence-corrected chi connectivity index (χ2v) is 11.9. The standard InChI is InChI=1S/C17H24Cl6N2O3/c1-4-15(24,10(2)5-7-16(18,19)20)14(27)25-11(6-8-17(21,22)23)12(28-3)9-13(25)26/h9-11H,4-8,24H2,1-3H3. The van der Waals surface area contributed by atoms with Crippen LogP contribution in [0.15, 0.2) is 11.8 Å². The number of carbonyl (C=O) groups excluding carboxylic acids is 2. The number of rotatable bonds is 8. The molecule has 1 heterocycles. The van der Waals surface area contributed by atoms with Gasteiger partial charge in [-0.05, 0) is 38.0 Å². The molecule has 0 saturated heterocycles. The number of methoxy groups -OCH3 is 1. The third-order valence-corrected chi connectivity index (χ3v) is 6.16. The van der Waals surface area contributed by atoms with Crippen molar-refractivity contribution in [2.45, 2.75) is 65.1 Å². The van der Waals surface area contributed by atoms with E-state index in [1.54, 1.807) is 13.8 Å². The Labute approximate surface area is 195 Å². The fourth-order valence-electron chi connectivity index (χ4n) is 3.15. The van der Waals surface area contributed by atoms with Gasteiger partial charge in [-0.3, -0.25) is 14.5 Å². The molecule has 0 aromatic carbocycles. The second kappa shape index (κ2) is 10.1. The highest BCUT2D eigenvalue weighted by molar-refractivity contribution is 6.67. The Hall–Kier alpha value is 0.380. The van der Waals surface area contributed by atoms with E-state index in [1.807, 2.05) is 0 Å². The minimum Gasteiger partial charge on any atom is -0.499 e. The second-order valence-electron chi connectivity index (χ2n) is 6.88. The van der Waals surface area contributed by atoms with E-state index < -0.39 is 31.0 Å².